The number of hydrogen-bond donors (Lipinski definition) is 3. The quantitative estimate of drug-likeness (QED) is 0.579. The van der Waals surface area contributed by atoms with Crippen molar-refractivity contribution >= 4 is 17.4 Å². The van der Waals surface area contributed by atoms with Gasteiger partial charge in [-0.1, -0.05) is 36.8 Å². The molecule has 164 valence electrons. The number of nitrogens with one attached hydrogen (secondary N) is 1. The van der Waals surface area contributed by atoms with Crippen LogP contribution in [0.15, 0.2) is 55.0 Å². The molecular formula is C24H26N6O2. The zero-order valence-electron chi connectivity index (χ0n) is 17.6. The third-order valence-electron chi connectivity index (χ3n) is 6.41. The Hall–Kier alpha value is -3.36. The van der Waals surface area contributed by atoms with Gasteiger partial charge >= 0.3 is 0 Å². The summed E-state index contributed by atoms with van der Waals surface area (Å²) in [7, 11) is 0. The first-order valence-electron chi connectivity index (χ1n) is 10.9. The van der Waals surface area contributed by atoms with Gasteiger partial charge in [0, 0.05) is 29.3 Å². The smallest absolute Gasteiger partial charge is 0.278 e. The van der Waals surface area contributed by atoms with E-state index in [4.69, 9.17) is 16.2 Å². The summed E-state index contributed by atoms with van der Waals surface area (Å²) >= 11 is 0. The molecule has 1 aromatic carbocycles. The molecule has 32 heavy (non-hydrogen) atoms. The van der Waals surface area contributed by atoms with Crippen molar-refractivity contribution in [3.05, 3.63) is 66.2 Å². The number of carbonyl (C=O) groups excluding carboxylic acids is 1. The minimum Gasteiger partial charge on any atom is -0.382 e. The lowest BCUT2D eigenvalue weighted by atomic mass is 9.87. The van der Waals surface area contributed by atoms with Gasteiger partial charge in [0.25, 0.3) is 5.91 Å². The lowest BCUT2D eigenvalue weighted by Crippen LogP contribution is -2.43. The molecule has 0 spiro atoms. The topological polar surface area (TPSA) is 129 Å². The molecule has 0 unspecified atom stereocenters. The van der Waals surface area contributed by atoms with Gasteiger partial charge in [0.1, 0.15) is 0 Å². The second kappa shape index (κ2) is 8.64. The van der Waals surface area contributed by atoms with Crippen molar-refractivity contribution in [1.29, 1.82) is 0 Å². The first-order chi connectivity index (χ1) is 15.6. The second-order valence-corrected chi connectivity index (χ2v) is 8.43. The fourth-order valence-corrected chi connectivity index (χ4v) is 4.79. The van der Waals surface area contributed by atoms with E-state index in [1.54, 1.807) is 18.6 Å². The van der Waals surface area contributed by atoms with Gasteiger partial charge in [-0.15, -0.1) is 0 Å². The van der Waals surface area contributed by atoms with E-state index in [1.807, 2.05) is 36.4 Å². The van der Waals surface area contributed by atoms with E-state index in [9.17, 15) is 4.79 Å². The van der Waals surface area contributed by atoms with Crippen molar-refractivity contribution in [2.75, 3.05) is 11.1 Å². The number of nitrogen functional groups attached to an aromatic ring is 1. The fraction of sp³-hybridized carbons (Fsp3) is 0.333. The molecule has 5 rings (SSSR count). The van der Waals surface area contributed by atoms with Crippen LogP contribution < -0.4 is 16.8 Å². The average Bonchev–Trinajstić information content (AvgIpc) is 3.30. The molecule has 1 aliphatic carbocycles. The van der Waals surface area contributed by atoms with Crippen LogP contribution in [0.3, 0.4) is 0 Å². The van der Waals surface area contributed by atoms with Crippen LogP contribution in [-0.2, 0) is 4.74 Å². The number of fused-ring (bicyclic) bond motifs is 1. The summed E-state index contributed by atoms with van der Waals surface area (Å²) in [6.07, 6.45) is 8.86. The SMILES string of the molecule is Nc1ncc(-c2ccccc2)nc1C(=O)Nc1cnccc1[C@H]1C[C@@H](N)[C@H]2CCC[C@H]2O1. The van der Waals surface area contributed by atoms with E-state index in [1.165, 1.54) is 0 Å². The van der Waals surface area contributed by atoms with Crippen LogP contribution in [0.5, 0.6) is 0 Å². The molecule has 2 aromatic heterocycles. The van der Waals surface area contributed by atoms with Crippen LogP contribution in [-0.4, -0.2) is 33.0 Å². The Morgan fingerprint density at radius 3 is 2.81 bits per heavy atom. The van der Waals surface area contributed by atoms with Crippen molar-refractivity contribution in [3.8, 4) is 11.3 Å². The highest BCUT2D eigenvalue weighted by molar-refractivity contribution is 6.06. The molecule has 0 bridgehead atoms. The highest BCUT2D eigenvalue weighted by Crippen LogP contribution is 2.43. The maximum atomic E-state index is 13.1. The van der Waals surface area contributed by atoms with E-state index >= 15 is 0 Å². The van der Waals surface area contributed by atoms with E-state index in [2.05, 4.69) is 20.3 Å². The van der Waals surface area contributed by atoms with E-state index < -0.39 is 5.91 Å². The van der Waals surface area contributed by atoms with Gasteiger partial charge in [0.05, 0.1) is 36.0 Å². The van der Waals surface area contributed by atoms with Crippen LogP contribution in [0.25, 0.3) is 11.3 Å². The molecule has 1 saturated heterocycles. The van der Waals surface area contributed by atoms with Crippen LogP contribution in [0.2, 0.25) is 0 Å². The zero-order chi connectivity index (χ0) is 22.1. The number of benzene rings is 1. The van der Waals surface area contributed by atoms with E-state index in [0.717, 1.165) is 30.4 Å². The summed E-state index contributed by atoms with van der Waals surface area (Å²) < 4.78 is 6.38. The molecule has 1 aliphatic heterocycles. The lowest BCUT2D eigenvalue weighted by Gasteiger charge is -2.37. The van der Waals surface area contributed by atoms with Crippen molar-refractivity contribution in [2.24, 2.45) is 11.7 Å². The van der Waals surface area contributed by atoms with Crippen molar-refractivity contribution < 1.29 is 9.53 Å². The molecule has 2 fully saturated rings. The Morgan fingerprint density at radius 1 is 1.12 bits per heavy atom. The number of aromatic nitrogens is 3. The number of ether oxygens (including phenoxy) is 1. The van der Waals surface area contributed by atoms with Gasteiger partial charge in [-0.3, -0.25) is 9.78 Å². The Balaban J connectivity index is 1.40. The minimum atomic E-state index is -0.444. The van der Waals surface area contributed by atoms with Crippen LogP contribution in [0.1, 0.15) is 47.8 Å². The molecule has 2 aliphatic rings. The van der Waals surface area contributed by atoms with Gasteiger partial charge < -0.3 is 21.5 Å². The standard InChI is InChI=1S/C24H26N6O2/c25-17-11-21(32-20-8-4-7-15(17)20)16-9-10-27-12-19(16)30-24(31)22-23(26)28-13-18(29-22)14-5-2-1-3-6-14/h1-3,5-6,9-10,12-13,15,17,20-21H,4,7-8,11,25H2,(H2,26,28)(H,30,31)/t15-,17-,20-,21-/m1/s1. The molecule has 1 saturated carbocycles. The number of nitrogens with zero attached hydrogens (tertiary/aromatic N) is 3. The molecule has 8 nitrogen and oxygen atoms in total. The molecule has 1 amide bonds. The third kappa shape index (κ3) is 3.94. The van der Waals surface area contributed by atoms with E-state index in [-0.39, 0.29) is 29.8 Å². The Bertz CT molecular complexity index is 1120. The summed E-state index contributed by atoms with van der Waals surface area (Å²) in [5.41, 5.74) is 15.4. The molecule has 4 atom stereocenters. The molecule has 8 heteroatoms. The zero-order valence-corrected chi connectivity index (χ0v) is 17.6. The number of nitrogens with two attached hydrogens (primary N) is 2. The summed E-state index contributed by atoms with van der Waals surface area (Å²) in [5, 5.41) is 2.91. The summed E-state index contributed by atoms with van der Waals surface area (Å²) in [5.74, 6) is 0.0418. The minimum absolute atomic E-state index is 0.0670. The fourth-order valence-electron chi connectivity index (χ4n) is 4.79. The first-order valence-corrected chi connectivity index (χ1v) is 10.9. The monoisotopic (exact) mass is 430 g/mol. The normalized spacial score (nSPS) is 24.7. The Morgan fingerprint density at radius 2 is 1.97 bits per heavy atom. The summed E-state index contributed by atoms with van der Waals surface area (Å²) in [6.45, 7) is 0. The van der Waals surface area contributed by atoms with E-state index in [0.29, 0.717) is 23.7 Å². The third-order valence-corrected chi connectivity index (χ3v) is 6.41. The predicted octanol–water partition coefficient (Wildman–Crippen LogP) is 3.33. The number of hydrogen-bond acceptors (Lipinski definition) is 7. The highest BCUT2D eigenvalue weighted by atomic mass is 16.5. The lowest BCUT2D eigenvalue weighted by molar-refractivity contribution is -0.0800. The second-order valence-electron chi connectivity index (χ2n) is 8.43. The van der Waals surface area contributed by atoms with Crippen LogP contribution in [0.4, 0.5) is 11.5 Å². The van der Waals surface area contributed by atoms with Gasteiger partial charge in [0.15, 0.2) is 11.5 Å². The first kappa shape index (κ1) is 20.5. The van der Waals surface area contributed by atoms with Gasteiger partial charge in [-0.25, -0.2) is 9.97 Å². The van der Waals surface area contributed by atoms with Gasteiger partial charge in [-0.2, -0.15) is 0 Å². The molecular weight excluding hydrogens is 404 g/mol. The van der Waals surface area contributed by atoms with Gasteiger partial charge in [-0.05, 0) is 25.3 Å². The number of rotatable bonds is 4. The average molecular weight is 431 g/mol. The molecule has 0 radical (unpaired) electrons. The number of carbonyl (C=O) groups is 1. The van der Waals surface area contributed by atoms with Crippen molar-refractivity contribution in [1.82, 2.24) is 15.0 Å². The molecule has 3 heterocycles. The Kier molecular flexibility index (Phi) is 5.55. The maximum absolute atomic E-state index is 13.1. The largest absolute Gasteiger partial charge is 0.382 e. The number of anilines is 2. The van der Waals surface area contributed by atoms with Gasteiger partial charge in [0.2, 0.25) is 0 Å². The highest BCUT2D eigenvalue weighted by Gasteiger charge is 2.40. The Labute approximate surface area is 186 Å². The molecule has 3 aromatic rings. The van der Waals surface area contributed by atoms with Crippen molar-refractivity contribution in [3.63, 3.8) is 0 Å². The predicted molar refractivity (Wildman–Crippen MR) is 122 cm³/mol. The number of amides is 1. The molecule has 5 N–H and O–H groups in total. The van der Waals surface area contributed by atoms with Crippen LogP contribution in [0, 0.1) is 5.92 Å². The van der Waals surface area contributed by atoms with Crippen LogP contribution >= 0.6 is 0 Å². The van der Waals surface area contributed by atoms with Crippen molar-refractivity contribution in [2.45, 2.75) is 43.9 Å². The number of pyridine rings is 1. The summed E-state index contributed by atoms with van der Waals surface area (Å²) in [4.78, 5) is 25.9. The maximum Gasteiger partial charge on any atom is 0.278 e. The summed E-state index contributed by atoms with van der Waals surface area (Å²) in [6, 6.07) is 11.5.